The van der Waals surface area contributed by atoms with E-state index in [1.807, 2.05) is 13.8 Å². The van der Waals surface area contributed by atoms with Gasteiger partial charge in [-0.25, -0.2) is 8.42 Å². The van der Waals surface area contributed by atoms with Crippen LogP contribution in [0.25, 0.3) is 0 Å². The molecule has 0 aromatic carbocycles. The Morgan fingerprint density at radius 2 is 1.96 bits per heavy atom. The number of hydrogen-bond donors (Lipinski definition) is 2. The normalized spacial score (nSPS) is 19.9. The molecule has 7 nitrogen and oxygen atoms in total. The number of carbonyl (C=O) groups excluding carboxylic acids is 1. The maximum atomic E-state index is 11.5. The van der Waals surface area contributed by atoms with Gasteiger partial charge in [0.2, 0.25) is 0 Å². The van der Waals surface area contributed by atoms with Crippen LogP contribution < -0.4 is 10.6 Å². The van der Waals surface area contributed by atoms with Gasteiger partial charge in [-0.1, -0.05) is 12.8 Å². The van der Waals surface area contributed by atoms with Gasteiger partial charge in [-0.15, -0.1) is 0 Å². The summed E-state index contributed by atoms with van der Waals surface area (Å²) < 4.78 is 27.9. The zero-order valence-electron chi connectivity index (χ0n) is 14.8. The molecule has 1 heterocycles. The summed E-state index contributed by atoms with van der Waals surface area (Å²) in [6, 6.07) is -0.0441. The Bertz CT molecular complexity index is 505. The third-order valence-electron chi connectivity index (χ3n) is 3.78. The van der Waals surface area contributed by atoms with Gasteiger partial charge in [-0.05, 0) is 33.1 Å². The number of sulfone groups is 1. The molecule has 0 spiro atoms. The number of rotatable bonds is 10. The summed E-state index contributed by atoms with van der Waals surface area (Å²) >= 11 is 0. The zero-order valence-corrected chi connectivity index (χ0v) is 15.7. The highest BCUT2D eigenvalue weighted by molar-refractivity contribution is 7.91. The third kappa shape index (κ3) is 9.10. The first kappa shape index (κ1) is 20.7. The summed E-state index contributed by atoms with van der Waals surface area (Å²) in [4.78, 5) is 15.7. The van der Waals surface area contributed by atoms with Crippen molar-refractivity contribution in [3.05, 3.63) is 0 Å². The number of guanidine groups is 1. The van der Waals surface area contributed by atoms with Crippen LogP contribution in [-0.4, -0.2) is 57.6 Å². The first-order valence-corrected chi connectivity index (χ1v) is 10.7. The van der Waals surface area contributed by atoms with Gasteiger partial charge in [-0.3, -0.25) is 9.79 Å². The molecular formula is C16H31N3O4S. The van der Waals surface area contributed by atoms with Crippen molar-refractivity contribution in [2.24, 2.45) is 4.99 Å². The second-order valence-electron chi connectivity index (χ2n) is 5.97. The van der Waals surface area contributed by atoms with Gasteiger partial charge in [-0.2, -0.15) is 0 Å². The molecule has 0 bridgehead atoms. The van der Waals surface area contributed by atoms with Crippen LogP contribution in [0, 0.1) is 0 Å². The molecule has 2 N–H and O–H groups in total. The van der Waals surface area contributed by atoms with Crippen LogP contribution in [0.15, 0.2) is 4.99 Å². The summed E-state index contributed by atoms with van der Waals surface area (Å²) in [6.07, 6.45) is 4.92. The fourth-order valence-electron chi connectivity index (χ4n) is 2.58. The smallest absolute Gasteiger partial charge is 0.305 e. The fraction of sp³-hybridized carbons (Fsp3) is 0.875. The number of esters is 1. The highest BCUT2D eigenvalue weighted by atomic mass is 32.2. The molecule has 0 aliphatic carbocycles. The SMILES string of the molecule is CCNC(=NCCCCCCC(=O)OCC)NC1CCS(=O)(=O)C1. The van der Waals surface area contributed by atoms with Gasteiger partial charge in [0.1, 0.15) is 0 Å². The number of aliphatic imine (C=N–C) groups is 1. The van der Waals surface area contributed by atoms with Gasteiger partial charge in [0.15, 0.2) is 15.8 Å². The monoisotopic (exact) mass is 361 g/mol. The second kappa shape index (κ2) is 11.3. The Kier molecular flexibility index (Phi) is 9.75. The predicted molar refractivity (Wildman–Crippen MR) is 95.9 cm³/mol. The molecule has 1 aliphatic rings. The summed E-state index contributed by atoms with van der Waals surface area (Å²) in [6.45, 7) is 5.67. The molecule has 24 heavy (non-hydrogen) atoms. The number of nitrogens with zero attached hydrogens (tertiary/aromatic N) is 1. The molecule has 1 fully saturated rings. The van der Waals surface area contributed by atoms with E-state index in [0.29, 0.717) is 32.0 Å². The highest BCUT2D eigenvalue weighted by Gasteiger charge is 2.28. The molecule has 0 amide bonds. The molecule has 1 rings (SSSR count). The first-order chi connectivity index (χ1) is 11.5. The lowest BCUT2D eigenvalue weighted by molar-refractivity contribution is -0.143. The summed E-state index contributed by atoms with van der Waals surface area (Å²) in [5.74, 6) is 1.00. The minimum atomic E-state index is -2.89. The molecule has 1 atom stereocenters. The average Bonchev–Trinajstić information content (AvgIpc) is 2.85. The molecule has 0 aromatic heterocycles. The maximum absolute atomic E-state index is 11.5. The number of ether oxygens (including phenoxy) is 1. The van der Waals surface area contributed by atoms with Gasteiger partial charge < -0.3 is 15.4 Å². The molecule has 140 valence electrons. The van der Waals surface area contributed by atoms with Crippen LogP contribution in [0.3, 0.4) is 0 Å². The number of nitrogens with one attached hydrogen (secondary N) is 2. The van der Waals surface area contributed by atoms with E-state index in [2.05, 4.69) is 15.6 Å². The Morgan fingerprint density at radius 3 is 2.58 bits per heavy atom. The third-order valence-corrected chi connectivity index (χ3v) is 5.55. The Balaban J connectivity index is 2.20. The number of unbranched alkanes of at least 4 members (excludes halogenated alkanes) is 3. The molecule has 0 saturated carbocycles. The summed E-state index contributed by atoms with van der Waals surface area (Å²) in [5.41, 5.74) is 0. The molecular weight excluding hydrogens is 330 g/mol. The van der Waals surface area contributed by atoms with E-state index in [1.54, 1.807) is 0 Å². The van der Waals surface area contributed by atoms with Crippen molar-refractivity contribution in [2.75, 3.05) is 31.2 Å². The Morgan fingerprint density at radius 1 is 1.21 bits per heavy atom. The van der Waals surface area contributed by atoms with Crippen LogP contribution >= 0.6 is 0 Å². The van der Waals surface area contributed by atoms with E-state index < -0.39 is 9.84 Å². The van der Waals surface area contributed by atoms with Crippen molar-refractivity contribution in [3.63, 3.8) is 0 Å². The first-order valence-electron chi connectivity index (χ1n) is 8.87. The second-order valence-corrected chi connectivity index (χ2v) is 8.20. The number of hydrogen-bond acceptors (Lipinski definition) is 5. The largest absolute Gasteiger partial charge is 0.466 e. The lowest BCUT2D eigenvalue weighted by Crippen LogP contribution is -2.44. The Labute approximate surface area is 145 Å². The van der Waals surface area contributed by atoms with E-state index in [9.17, 15) is 13.2 Å². The van der Waals surface area contributed by atoms with E-state index >= 15 is 0 Å². The van der Waals surface area contributed by atoms with Crippen LogP contribution in [0.1, 0.15) is 52.4 Å². The van der Waals surface area contributed by atoms with Crippen LogP contribution in [-0.2, 0) is 19.4 Å². The lowest BCUT2D eigenvalue weighted by atomic mass is 10.1. The molecule has 0 aromatic rings. The lowest BCUT2D eigenvalue weighted by Gasteiger charge is -2.15. The van der Waals surface area contributed by atoms with Crippen molar-refractivity contribution in [1.29, 1.82) is 0 Å². The molecule has 1 unspecified atom stereocenters. The van der Waals surface area contributed by atoms with Crippen LogP contribution in [0.2, 0.25) is 0 Å². The van der Waals surface area contributed by atoms with Crippen molar-refractivity contribution in [2.45, 2.75) is 58.4 Å². The molecule has 1 saturated heterocycles. The van der Waals surface area contributed by atoms with Gasteiger partial charge in [0.25, 0.3) is 0 Å². The molecule has 8 heteroatoms. The van der Waals surface area contributed by atoms with Crippen molar-refractivity contribution in [1.82, 2.24) is 10.6 Å². The van der Waals surface area contributed by atoms with Gasteiger partial charge in [0, 0.05) is 25.6 Å². The van der Waals surface area contributed by atoms with Crippen molar-refractivity contribution in [3.8, 4) is 0 Å². The Hall–Kier alpha value is -1.31. The maximum Gasteiger partial charge on any atom is 0.305 e. The fourth-order valence-corrected chi connectivity index (χ4v) is 4.25. The standard InChI is InChI=1S/C16H31N3O4S/c1-3-17-16(19-14-10-12-24(21,22)13-14)18-11-8-6-5-7-9-15(20)23-4-2/h14H,3-13H2,1-2H3,(H2,17,18,19). The van der Waals surface area contributed by atoms with E-state index in [1.165, 1.54) is 0 Å². The quantitative estimate of drug-likeness (QED) is 0.263. The topological polar surface area (TPSA) is 96.9 Å². The van der Waals surface area contributed by atoms with Gasteiger partial charge >= 0.3 is 5.97 Å². The minimum Gasteiger partial charge on any atom is -0.466 e. The van der Waals surface area contributed by atoms with Crippen LogP contribution in [0.5, 0.6) is 0 Å². The van der Waals surface area contributed by atoms with E-state index in [4.69, 9.17) is 4.74 Å². The molecule has 1 aliphatic heterocycles. The zero-order chi connectivity index (χ0) is 17.8. The average molecular weight is 362 g/mol. The van der Waals surface area contributed by atoms with E-state index in [0.717, 1.165) is 32.2 Å². The minimum absolute atomic E-state index is 0.0441. The van der Waals surface area contributed by atoms with Crippen molar-refractivity contribution < 1.29 is 17.9 Å². The van der Waals surface area contributed by atoms with E-state index in [-0.39, 0.29) is 23.5 Å². The van der Waals surface area contributed by atoms with Gasteiger partial charge in [0.05, 0.1) is 18.1 Å². The number of carbonyl (C=O) groups is 1. The van der Waals surface area contributed by atoms with Crippen molar-refractivity contribution >= 4 is 21.8 Å². The summed E-state index contributed by atoms with van der Waals surface area (Å²) in [7, 11) is -2.89. The highest BCUT2D eigenvalue weighted by Crippen LogP contribution is 2.11. The predicted octanol–water partition coefficient (Wildman–Crippen LogP) is 1.24. The molecule has 0 radical (unpaired) electrons. The van der Waals surface area contributed by atoms with Crippen LogP contribution in [0.4, 0.5) is 0 Å². The summed E-state index contributed by atoms with van der Waals surface area (Å²) in [5, 5.41) is 6.35.